The number of para-hydroxylation sites is 1. The number of halogens is 1. The van der Waals surface area contributed by atoms with Crippen molar-refractivity contribution in [2.75, 3.05) is 58.1 Å². The molecular formula is C63H83ClN18O9S2. The topological polar surface area (TPSA) is 454 Å². The number of amides is 7. The molecule has 93 heavy (non-hydrogen) atoms. The minimum Gasteiger partial charge on any atom is -0.508 e. The van der Waals surface area contributed by atoms with Gasteiger partial charge in [0, 0.05) is 73.4 Å². The lowest BCUT2D eigenvalue weighted by Crippen LogP contribution is -2.57. The maximum atomic E-state index is 15.0. The Hall–Kier alpha value is -8.52. The van der Waals surface area contributed by atoms with Crippen molar-refractivity contribution in [2.24, 2.45) is 28.9 Å². The van der Waals surface area contributed by atoms with E-state index in [-0.39, 0.29) is 79.0 Å². The van der Waals surface area contributed by atoms with Crippen molar-refractivity contribution in [2.45, 2.75) is 108 Å². The highest BCUT2D eigenvalue weighted by molar-refractivity contribution is 7.17. The van der Waals surface area contributed by atoms with Gasteiger partial charge < -0.3 is 86.4 Å². The van der Waals surface area contributed by atoms with E-state index >= 15 is 4.79 Å². The quantitative estimate of drug-likeness (QED) is 0.0244. The Morgan fingerprint density at radius 1 is 0.720 bits per heavy atom. The van der Waals surface area contributed by atoms with Crippen LogP contribution in [0, 0.1) is 12.8 Å². The number of benzene rings is 3. The number of anilines is 1. The standard InChI is InChI=1S/C63H83ClN18O9S2/c1-35-51(81-57(82-55(35)68)45(31-49(67)84)75-33-42(66)56(69)86)62(91)78-47(30-39-32-74-43-15-7-6-14-41(39)43)61(90)76-44(28-37-12-4-3-5-13-37)53(85)36(2)58(87)77-46(29-38-16-18-40(83)19-17-38)59(88)73-27-20-50-80-52(54(64)93-50)63-79-48(34-92-63)60(89)72-26-11-25-71-23-9-8-22-70-24-10-21-65/h3-7,12-19,32,34,36,42,44-47,53,70-71,74-75,83,85H,8-11,20-31,33,65-66H2,1-2H3,(H2,67,84)(H2,69,86)(H,72,89)(H,73,88)(H,76,90)(H,77,87)(H,78,91)(H2,68,81,82)/t36-,42-,44+,45-,46-,47-,53-/m0/s1. The number of rotatable bonds is 39. The summed E-state index contributed by atoms with van der Waals surface area (Å²) in [6.07, 6.45) is 3.65. The number of carbonyl (C=O) groups is 7. The number of nitrogen functional groups attached to an aromatic ring is 1. The van der Waals surface area contributed by atoms with Crippen LogP contribution in [0.25, 0.3) is 21.6 Å². The third kappa shape index (κ3) is 21.8. The number of phenols is 1. The maximum absolute atomic E-state index is 15.0. The maximum Gasteiger partial charge on any atom is 0.271 e. The monoisotopic (exact) mass is 1330 g/mol. The molecule has 0 unspecified atom stereocenters. The molecule has 30 heteroatoms. The average molecular weight is 1340 g/mol. The molecule has 27 nitrogen and oxygen atoms in total. The number of unbranched alkanes of at least 4 members (excludes halogenated alkanes) is 1. The van der Waals surface area contributed by atoms with Crippen LogP contribution in [0.15, 0.2) is 90.4 Å². The Morgan fingerprint density at radius 2 is 1.40 bits per heavy atom. The SMILES string of the molecule is Cc1c(N)nc([C@H](CC(N)=O)NC[C@H](N)C(N)=O)nc1C(=O)N[C@@H](Cc1c[nH]c2ccccc12)C(=O)N[C@H](Cc1ccccc1)[C@@H](O)[C@H](C)C(=O)N[C@@H](Cc1ccc(O)cc1)C(=O)NCCc1nc(-c2nc(C(=O)NCCCNCCCCNCCCN)cs2)c(Cl)s1. The largest absolute Gasteiger partial charge is 0.508 e. The van der Waals surface area contributed by atoms with Crippen molar-refractivity contribution in [3.63, 3.8) is 0 Å². The molecule has 7 atom stereocenters. The minimum absolute atomic E-state index is 0.00495. The number of aromatic amines is 1. The molecule has 0 saturated heterocycles. The van der Waals surface area contributed by atoms with E-state index in [0.717, 1.165) is 62.8 Å². The van der Waals surface area contributed by atoms with Gasteiger partial charge in [-0.3, -0.25) is 33.6 Å². The molecule has 0 saturated carbocycles. The van der Waals surface area contributed by atoms with Crippen molar-refractivity contribution in [3.8, 4) is 16.5 Å². The second-order valence-corrected chi connectivity index (χ2v) is 25.0. The molecule has 3 aromatic carbocycles. The molecule has 7 aromatic rings. The van der Waals surface area contributed by atoms with Crippen molar-refractivity contribution in [1.82, 2.24) is 67.5 Å². The molecule has 0 aliphatic rings. The first-order valence-electron chi connectivity index (χ1n) is 30.6. The van der Waals surface area contributed by atoms with Crippen molar-refractivity contribution < 1.29 is 43.8 Å². The number of phenolic OH excluding ortho intramolecular Hbond substituents is 1. The number of nitrogens with two attached hydrogens (primary N) is 5. The number of nitrogens with zero attached hydrogens (tertiary/aromatic N) is 4. The Balaban J connectivity index is 1.03. The molecular weight excluding hydrogens is 1250 g/mol. The van der Waals surface area contributed by atoms with Crippen LogP contribution in [0.1, 0.15) is 99.1 Å². The Labute approximate surface area is 551 Å². The highest BCUT2D eigenvalue weighted by atomic mass is 35.5. The number of aromatic nitrogens is 5. The third-order valence-electron chi connectivity index (χ3n) is 15.3. The predicted molar refractivity (Wildman–Crippen MR) is 358 cm³/mol. The van der Waals surface area contributed by atoms with Crippen molar-refractivity contribution in [3.05, 3.63) is 139 Å². The smallest absolute Gasteiger partial charge is 0.271 e. The van der Waals surface area contributed by atoms with Crippen molar-refractivity contribution >= 4 is 92.3 Å². The Kier molecular flexibility index (Phi) is 27.9. The summed E-state index contributed by atoms with van der Waals surface area (Å²) in [5.74, 6) is -6.42. The molecule has 7 amide bonds. The van der Waals surface area contributed by atoms with Gasteiger partial charge in [-0.05, 0) is 107 Å². The first kappa shape index (κ1) is 71.9. The molecule has 0 aliphatic carbocycles. The second kappa shape index (κ2) is 36.1. The van der Waals surface area contributed by atoms with Gasteiger partial charge in [-0.2, -0.15) is 0 Å². The summed E-state index contributed by atoms with van der Waals surface area (Å²) in [5.41, 5.74) is 31.8. The minimum atomic E-state index is -1.61. The number of fused-ring (bicyclic) bond motifs is 1. The van der Waals surface area contributed by atoms with E-state index in [2.05, 4.69) is 62.5 Å². The van der Waals surface area contributed by atoms with Crippen LogP contribution in [0.3, 0.4) is 0 Å². The molecule has 0 bridgehead atoms. The van der Waals surface area contributed by atoms with Gasteiger partial charge in [0.2, 0.25) is 29.5 Å². The molecule has 0 radical (unpaired) electrons. The highest BCUT2D eigenvalue weighted by Gasteiger charge is 2.36. The summed E-state index contributed by atoms with van der Waals surface area (Å²) in [4.78, 5) is 116. The number of aliphatic hydroxyl groups excluding tert-OH is 1. The zero-order valence-electron chi connectivity index (χ0n) is 51.8. The summed E-state index contributed by atoms with van der Waals surface area (Å²) < 4.78 is 0.349. The first-order valence-corrected chi connectivity index (χ1v) is 32.7. The summed E-state index contributed by atoms with van der Waals surface area (Å²) in [7, 11) is 0. The van der Waals surface area contributed by atoms with Gasteiger partial charge in [0.25, 0.3) is 11.8 Å². The third-order valence-corrected chi connectivity index (χ3v) is 17.5. The summed E-state index contributed by atoms with van der Waals surface area (Å²) in [6.45, 7) is 7.51. The zero-order valence-corrected chi connectivity index (χ0v) is 54.2. The van der Waals surface area contributed by atoms with Gasteiger partial charge in [0.1, 0.15) is 55.9 Å². The lowest BCUT2D eigenvalue weighted by atomic mass is 9.91. The Bertz CT molecular complexity index is 3630. The van der Waals surface area contributed by atoms with E-state index in [9.17, 15) is 39.0 Å². The number of hydrogen-bond donors (Lipinski definition) is 16. The van der Waals surface area contributed by atoms with Crippen LogP contribution in [0.5, 0.6) is 5.75 Å². The first-order chi connectivity index (χ1) is 44.7. The van der Waals surface area contributed by atoms with E-state index in [0.29, 0.717) is 49.8 Å². The number of primary amides is 2. The zero-order chi connectivity index (χ0) is 67.0. The Morgan fingerprint density at radius 3 is 2.11 bits per heavy atom. The summed E-state index contributed by atoms with van der Waals surface area (Å²) in [6, 6.07) is 16.4. The molecule has 7 rings (SSSR count). The predicted octanol–water partition coefficient (Wildman–Crippen LogP) is 1.69. The molecule has 498 valence electrons. The normalized spacial score (nSPS) is 13.7. The highest BCUT2D eigenvalue weighted by Crippen LogP contribution is 2.35. The van der Waals surface area contributed by atoms with E-state index < -0.39 is 84.1 Å². The second-order valence-electron chi connectivity index (χ2n) is 22.5. The summed E-state index contributed by atoms with van der Waals surface area (Å²) >= 11 is 9.11. The van der Waals surface area contributed by atoms with Gasteiger partial charge in [-0.15, -0.1) is 22.7 Å². The number of H-pyrrole nitrogens is 1. The number of aromatic hydroxyl groups is 1. The fraction of sp³-hybridized carbons (Fsp3) is 0.413. The number of thiazole rings is 2. The van der Waals surface area contributed by atoms with Crippen LogP contribution in [0.4, 0.5) is 5.82 Å². The van der Waals surface area contributed by atoms with Crippen LogP contribution in [-0.2, 0) is 49.7 Å². The van der Waals surface area contributed by atoms with Gasteiger partial charge in [-0.25, -0.2) is 19.9 Å². The lowest BCUT2D eigenvalue weighted by molar-refractivity contribution is -0.134. The van der Waals surface area contributed by atoms with Crippen LogP contribution >= 0.6 is 34.3 Å². The van der Waals surface area contributed by atoms with E-state index in [1.165, 1.54) is 48.7 Å². The lowest BCUT2D eigenvalue weighted by Gasteiger charge is -2.31. The molecule has 0 aliphatic heterocycles. The fourth-order valence-electron chi connectivity index (χ4n) is 9.97. The van der Waals surface area contributed by atoms with Gasteiger partial charge in [-0.1, -0.05) is 79.2 Å². The van der Waals surface area contributed by atoms with Gasteiger partial charge in [0.15, 0.2) is 0 Å². The fourth-order valence-corrected chi connectivity index (χ4v) is 12.1. The number of hydrogen-bond acceptors (Lipinski definition) is 21. The number of aliphatic hydroxyl groups is 1. The molecule has 0 spiro atoms. The van der Waals surface area contributed by atoms with Crippen molar-refractivity contribution in [1.29, 1.82) is 0 Å². The van der Waals surface area contributed by atoms with E-state index in [4.69, 9.17) is 45.3 Å². The molecule has 4 heterocycles. The molecule has 0 fully saturated rings. The molecule has 4 aromatic heterocycles. The van der Waals surface area contributed by atoms with E-state index in [1.54, 1.807) is 54.0 Å². The molecule has 21 N–H and O–H groups in total. The van der Waals surface area contributed by atoms with Crippen LogP contribution in [-0.4, -0.2) is 159 Å². The van der Waals surface area contributed by atoms with Gasteiger partial charge >= 0.3 is 0 Å². The van der Waals surface area contributed by atoms with E-state index in [1.807, 2.05) is 24.3 Å². The van der Waals surface area contributed by atoms with Crippen LogP contribution < -0.4 is 71.2 Å². The van der Waals surface area contributed by atoms with Gasteiger partial charge in [0.05, 0.1) is 35.2 Å². The van der Waals surface area contributed by atoms with Crippen LogP contribution in [0.2, 0.25) is 4.34 Å². The number of carbonyl (C=O) groups excluding carboxylic acids is 7. The summed E-state index contributed by atoms with van der Waals surface area (Å²) in [5, 5.41) is 49.9. The average Bonchev–Trinajstić information content (AvgIpc) is 1.84. The number of nitrogens with one attached hydrogen (secondary N) is 9.